The topological polar surface area (TPSA) is 41.6 Å². The van der Waals surface area contributed by atoms with Gasteiger partial charge in [0.25, 0.3) is 0 Å². The van der Waals surface area contributed by atoms with E-state index in [0.717, 1.165) is 13.0 Å². The zero-order valence-electron chi connectivity index (χ0n) is 12.6. The van der Waals surface area contributed by atoms with E-state index in [9.17, 15) is 9.18 Å². The fraction of sp³-hybridized carbons (Fsp3) is 0.533. The fourth-order valence-electron chi connectivity index (χ4n) is 1.77. The summed E-state index contributed by atoms with van der Waals surface area (Å²) < 4.78 is 18.4. The van der Waals surface area contributed by atoms with Gasteiger partial charge in [-0.1, -0.05) is 6.07 Å². The normalized spacial score (nSPS) is 12.5. The number of anilines is 1. The summed E-state index contributed by atoms with van der Waals surface area (Å²) >= 11 is 0. The Bertz CT molecular complexity index is 451. The zero-order chi connectivity index (χ0) is 15.1. The highest BCUT2D eigenvalue weighted by atomic mass is 19.1. The van der Waals surface area contributed by atoms with Gasteiger partial charge in [0.05, 0.1) is 6.04 Å². The van der Waals surface area contributed by atoms with Gasteiger partial charge < -0.3 is 10.1 Å². The molecule has 4 nitrogen and oxygen atoms in total. The van der Waals surface area contributed by atoms with Crippen LogP contribution in [0.15, 0.2) is 18.2 Å². The number of nitrogens with zero attached hydrogens (tertiary/aromatic N) is 1. The molecule has 112 valence electrons. The van der Waals surface area contributed by atoms with Gasteiger partial charge in [-0.25, -0.2) is 4.39 Å². The first-order valence-corrected chi connectivity index (χ1v) is 6.72. The van der Waals surface area contributed by atoms with Crippen molar-refractivity contribution in [1.82, 2.24) is 4.90 Å². The molecule has 0 saturated heterocycles. The van der Waals surface area contributed by atoms with Crippen LogP contribution in [0.5, 0.6) is 0 Å². The van der Waals surface area contributed by atoms with Crippen LogP contribution in [-0.2, 0) is 9.53 Å². The minimum atomic E-state index is -0.316. The predicted molar refractivity (Wildman–Crippen MR) is 78.4 cm³/mol. The van der Waals surface area contributed by atoms with E-state index in [0.29, 0.717) is 17.9 Å². The molecule has 0 aliphatic rings. The maximum absolute atomic E-state index is 13.4. The molecule has 1 rings (SSSR count). The second-order valence-electron chi connectivity index (χ2n) is 4.96. The molecule has 0 bridgehead atoms. The molecule has 1 amide bonds. The summed E-state index contributed by atoms with van der Waals surface area (Å²) in [5.74, 6) is -0.461. The van der Waals surface area contributed by atoms with Crippen molar-refractivity contribution in [2.45, 2.75) is 26.3 Å². The minimum absolute atomic E-state index is 0.145. The quantitative estimate of drug-likeness (QED) is 0.781. The van der Waals surface area contributed by atoms with Gasteiger partial charge in [-0.2, -0.15) is 0 Å². The lowest BCUT2D eigenvalue weighted by molar-refractivity contribution is -0.120. The van der Waals surface area contributed by atoms with Crippen LogP contribution in [0.25, 0.3) is 0 Å². The van der Waals surface area contributed by atoms with Crippen molar-refractivity contribution >= 4 is 11.6 Å². The van der Waals surface area contributed by atoms with E-state index in [-0.39, 0.29) is 17.8 Å². The lowest BCUT2D eigenvalue weighted by Gasteiger charge is -2.23. The maximum atomic E-state index is 13.4. The average molecular weight is 282 g/mol. The minimum Gasteiger partial charge on any atom is -0.385 e. The predicted octanol–water partition coefficient (Wildman–Crippen LogP) is 2.43. The largest absolute Gasteiger partial charge is 0.385 e. The van der Waals surface area contributed by atoms with Crippen molar-refractivity contribution in [3.8, 4) is 0 Å². The third kappa shape index (κ3) is 4.90. The van der Waals surface area contributed by atoms with Gasteiger partial charge in [-0.15, -0.1) is 0 Å². The Morgan fingerprint density at radius 1 is 1.50 bits per heavy atom. The molecule has 0 spiro atoms. The van der Waals surface area contributed by atoms with Gasteiger partial charge >= 0.3 is 0 Å². The number of carbonyl (C=O) groups is 1. The second-order valence-corrected chi connectivity index (χ2v) is 4.96. The average Bonchev–Trinajstić information content (AvgIpc) is 2.42. The van der Waals surface area contributed by atoms with E-state index in [1.807, 2.05) is 18.9 Å². The molecule has 20 heavy (non-hydrogen) atoms. The number of methoxy groups -OCH3 is 1. The number of halogens is 1. The standard InChI is InChI=1S/C15H23FN2O2/c1-11-6-7-13(10-14(11)16)17-15(19)12(2)18(3)8-5-9-20-4/h6-7,10,12H,5,8-9H2,1-4H3,(H,17,19). The van der Waals surface area contributed by atoms with Crippen molar-refractivity contribution in [2.24, 2.45) is 0 Å². The molecule has 1 aromatic carbocycles. The number of carbonyl (C=O) groups excluding carboxylic acids is 1. The number of hydrogen-bond acceptors (Lipinski definition) is 3. The third-order valence-electron chi connectivity index (χ3n) is 3.34. The highest BCUT2D eigenvalue weighted by molar-refractivity contribution is 5.94. The summed E-state index contributed by atoms with van der Waals surface area (Å²) in [6.45, 7) is 4.95. The molecule has 0 heterocycles. The maximum Gasteiger partial charge on any atom is 0.241 e. The number of hydrogen-bond donors (Lipinski definition) is 1. The molecule has 5 heteroatoms. The van der Waals surface area contributed by atoms with Crippen LogP contribution in [0, 0.1) is 12.7 Å². The fourth-order valence-corrected chi connectivity index (χ4v) is 1.77. The first kappa shape index (κ1) is 16.6. The molecule has 0 fully saturated rings. The summed E-state index contributed by atoms with van der Waals surface area (Å²) in [5, 5.41) is 2.73. The van der Waals surface area contributed by atoms with Crippen LogP contribution in [0.2, 0.25) is 0 Å². The molecular weight excluding hydrogens is 259 g/mol. The van der Waals surface area contributed by atoms with Crippen LogP contribution in [0.4, 0.5) is 10.1 Å². The second kappa shape index (κ2) is 7.97. The van der Waals surface area contributed by atoms with Gasteiger partial charge in [-0.3, -0.25) is 9.69 Å². The smallest absolute Gasteiger partial charge is 0.241 e. The number of aryl methyl sites for hydroxylation is 1. The molecule has 0 aromatic heterocycles. The van der Waals surface area contributed by atoms with Gasteiger partial charge in [-0.05, 0) is 45.0 Å². The Labute approximate surface area is 119 Å². The van der Waals surface area contributed by atoms with E-state index in [2.05, 4.69) is 5.32 Å². The van der Waals surface area contributed by atoms with Gasteiger partial charge in [0, 0.05) is 25.9 Å². The molecule has 1 aromatic rings. The Hall–Kier alpha value is -1.46. The number of amides is 1. The Balaban J connectivity index is 2.54. The lowest BCUT2D eigenvalue weighted by Crippen LogP contribution is -2.40. The highest BCUT2D eigenvalue weighted by Gasteiger charge is 2.17. The molecule has 1 unspecified atom stereocenters. The molecule has 1 atom stereocenters. The number of likely N-dealkylation sites (N-methyl/N-ethyl adjacent to an activating group) is 1. The van der Waals surface area contributed by atoms with Crippen molar-refractivity contribution in [2.75, 3.05) is 32.6 Å². The van der Waals surface area contributed by atoms with Crippen LogP contribution in [-0.4, -0.2) is 44.2 Å². The van der Waals surface area contributed by atoms with E-state index in [1.54, 1.807) is 26.2 Å². The van der Waals surface area contributed by atoms with Crippen molar-refractivity contribution in [3.05, 3.63) is 29.6 Å². The molecular formula is C15H23FN2O2. The number of benzene rings is 1. The monoisotopic (exact) mass is 282 g/mol. The van der Waals surface area contributed by atoms with Gasteiger partial charge in [0.2, 0.25) is 5.91 Å². The van der Waals surface area contributed by atoms with Crippen LogP contribution >= 0.6 is 0 Å². The van der Waals surface area contributed by atoms with Crippen molar-refractivity contribution in [3.63, 3.8) is 0 Å². The van der Waals surface area contributed by atoms with E-state index >= 15 is 0 Å². The van der Waals surface area contributed by atoms with Crippen LogP contribution in [0.1, 0.15) is 18.9 Å². The van der Waals surface area contributed by atoms with E-state index < -0.39 is 0 Å². The molecule has 0 radical (unpaired) electrons. The molecule has 0 aliphatic carbocycles. The molecule has 0 saturated carbocycles. The van der Waals surface area contributed by atoms with Gasteiger partial charge in [0.15, 0.2) is 0 Å². The lowest BCUT2D eigenvalue weighted by atomic mass is 10.2. The summed E-state index contributed by atoms with van der Waals surface area (Å²) in [5.41, 5.74) is 1.04. The Kier molecular flexibility index (Phi) is 6.61. The summed E-state index contributed by atoms with van der Waals surface area (Å²) in [4.78, 5) is 14.0. The first-order chi connectivity index (χ1) is 9.45. The number of rotatable bonds is 7. The Morgan fingerprint density at radius 2 is 2.20 bits per heavy atom. The zero-order valence-corrected chi connectivity index (χ0v) is 12.6. The summed E-state index contributed by atoms with van der Waals surface area (Å²) in [6.07, 6.45) is 0.865. The SMILES string of the molecule is COCCCN(C)C(C)C(=O)Nc1ccc(C)c(F)c1. The number of nitrogens with one attached hydrogen (secondary N) is 1. The summed E-state index contributed by atoms with van der Waals surface area (Å²) in [6, 6.07) is 4.41. The van der Waals surface area contributed by atoms with Crippen LogP contribution < -0.4 is 5.32 Å². The third-order valence-corrected chi connectivity index (χ3v) is 3.34. The molecule has 1 N–H and O–H groups in total. The van der Waals surface area contributed by atoms with Crippen molar-refractivity contribution < 1.29 is 13.9 Å². The van der Waals surface area contributed by atoms with E-state index in [4.69, 9.17) is 4.74 Å². The van der Waals surface area contributed by atoms with Crippen molar-refractivity contribution in [1.29, 1.82) is 0 Å². The highest BCUT2D eigenvalue weighted by Crippen LogP contribution is 2.14. The molecule has 0 aliphatic heterocycles. The van der Waals surface area contributed by atoms with E-state index in [1.165, 1.54) is 6.07 Å². The number of ether oxygens (including phenoxy) is 1. The van der Waals surface area contributed by atoms with Crippen LogP contribution in [0.3, 0.4) is 0 Å². The Morgan fingerprint density at radius 3 is 2.80 bits per heavy atom. The first-order valence-electron chi connectivity index (χ1n) is 6.72. The summed E-state index contributed by atoms with van der Waals surface area (Å²) in [7, 11) is 3.54. The van der Waals surface area contributed by atoms with Gasteiger partial charge in [0.1, 0.15) is 5.82 Å².